The molecular formula is C13H27N3O3. The minimum Gasteiger partial charge on any atom is -0.481 e. The van der Waals surface area contributed by atoms with Crippen LogP contribution in [-0.2, 0) is 4.79 Å². The lowest BCUT2D eigenvalue weighted by atomic mass is 9.88. The van der Waals surface area contributed by atoms with E-state index in [1.807, 2.05) is 14.1 Å². The van der Waals surface area contributed by atoms with Crippen molar-refractivity contribution in [1.82, 2.24) is 15.1 Å². The van der Waals surface area contributed by atoms with Gasteiger partial charge in [-0.25, -0.2) is 4.79 Å². The molecule has 2 amide bonds. The number of aliphatic carboxylic acids is 1. The Bertz CT molecular complexity index is 308. The van der Waals surface area contributed by atoms with Crippen LogP contribution in [0.3, 0.4) is 0 Å². The fourth-order valence-electron chi connectivity index (χ4n) is 1.48. The number of amides is 2. The van der Waals surface area contributed by atoms with Crippen LogP contribution in [0, 0.1) is 5.41 Å². The van der Waals surface area contributed by atoms with Gasteiger partial charge in [0.2, 0.25) is 0 Å². The average molecular weight is 273 g/mol. The van der Waals surface area contributed by atoms with E-state index in [2.05, 4.69) is 10.2 Å². The van der Waals surface area contributed by atoms with Gasteiger partial charge in [0.15, 0.2) is 0 Å². The number of nitrogens with one attached hydrogen (secondary N) is 1. The van der Waals surface area contributed by atoms with Gasteiger partial charge in [0.05, 0.1) is 5.41 Å². The van der Waals surface area contributed by atoms with Crippen molar-refractivity contribution in [3.05, 3.63) is 0 Å². The van der Waals surface area contributed by atoms with Crippen LogP contribution in [0.1, 0.15) is 26.7 Å². The van der Waals surface area contributed by atoms with E-state index in [1.165, 1.54) is 0 Å². The van der Waals surface area contributed by atoms with Gasteiger partial charge in [-0.15, -0.1) is 0 Å². The van der Waals surface area contributed by atoms with Crippen molar-refractivity contribution in [2.45, 2.75) is 26.7 Å². The molecule has 0 aliphatic carbocycles. The Labute approximate surface area is 115 Å². The van der Waals surface area contributed by atoms with Crippen molar-refractivity contribution >= 4 is 12.0 Å². The molecule has 1 unspecified atom stereocenters. The third kappa shape index (κ3) is 6.42. The van der Waals surface area contributed by atoms with Gasteiger partial charge in [0.25, 0.3) is 0 Å². The molecule has 0 aromatic carbocycles. The molecule has 0 radical (unpaired) electrons. The Morgan fingerprint density at radius 1 is 1.21 bits per heavy atom. The van der Waals surface area contributed by atoms with Crippen molar-refractivity contribution in [2.24, 2.45) is 5.41 Å². The molecule has 2 N–H and O–H groups in total. The maximum Gasteiger partial charge on any atom is 0.317 e. The van der Waals surface area contributed by atoms with Gasteiger partial charge < -0.3 is 20.2 Å². The third-order valence-electron chi connectivity index (χ3n) is 3.37. The Morgan fingerprint density at radius 3 is 2.21 bits per heavy atom. The molecule has 0 rings (SSSR count). The van der Waals surface area contributed by atoms with Gasteiger partial charge in [-0.3, -0.25) is 4.79 Å². The Morgan fingerprint density at radius 2 is 1.79 bits per heavy atom. The number of carboxylic acid groups (broad SMARTS) is 1. The van der Waals surface area contributed by atoms with Crippen LogP contribution in [0.15, 0.2) is 0 Å². The SMILES string of the molecule is CCC(C)(CNC(=O)N(C)CCCN(C)C)C(=O)O. The monoisotopic (exact) mass is 273 g/mol. The number of carbonyl (C=O) groups excluding carboxylic acids is 1. The lowest BCUT2D eigenvalue weighted by Crippen LogP contribution is -2.45. The van der Waals surface area contributed by atoms with Crippen LogP contribution in [0.25, 0.3) is 0 Å². The summed E-state index contributed by atoms with van der Waals surface area (Å²) in [6.07, 6.45) is 1.37. The minimum atomic E-state index is -0.903. The molecule has 6 heteroatoms. The molecule has 0 saturated heterocycles. The number of hydrogen-bond donors (Lipinski definition) is 2. The Hall–Kier alpha value is -1.30. The van der Waals surface area contributed by atoms with Crippen LogP contribution in [-0.4, -0.2) is 67.7 Å². The molecule has 6 nitrogen and oxygen atoms in total. The Kier molecular flexibility index (Phi) is 7.44. The van der Waals surface area contributed by atoms with Gasteiger partial charge in [0.1, 0.15) is 0 Å². The highest BCUT2D eigenvalue weighted by atomic mass is 16.4. The number of carbonyl (C=O) groups is 2. The number of hydrogen-bond acceptors (Lipinski definition) is 3. The van der Waals surface area contributed by atoms with Gasteiger partial charge in [-0.1, -0.05) is 6.92 Å². The maximum absolute atomic E-state index is 11.8. The highest BCUT2D eigenvalue weighted by Crippen LogP contribution is 2.19. The van der Waals surface area contributed by atoms with Crippen LogP contribution in [0.5, 0.6) is 0 Å². The molecule has 19 heavy (non-hydrogen) atoms. The molecule has 0 aromatic heterocycles. The van der Waals surface area contributed by atoms with Gasteiger partial charge in [-0.05, 0) is 40.4 Å². The van der Waals surface area contributed by atoms with Gasteiger partial charge in [0, 0.05) is 20.1 Å². The van der Waals surface area contributed by atoms with E-state index in [-0.39, 0.29) is 12.6 Å². The summed E-state index contributed by atoms with van der Waals surface area (Å²) in [4.78, 5) is 26.6. The van der Waals surface area contributed by atoms with Crippen LogP contribution in [0.4, 0.5) is 4.79 Å². The van der Waals surface area contributed by atoms with Crippen molar-refractivity contribution in [3.8, 4) is 0 Å². The molecule has 112 valence electrons. The van der Waals surface area contributed by atoms with Crippen molar-refractivity contribution in [2.75, 3.05) is 40.8 Å². The van der Waals surface area contributed by atoms with Crippen molar-refractivity contribution in [1.29, 1.82) is 0 Å². The first-order valence-corrected chi connectivity index (χ1v) is 6.60. The minimum absolute atomic E-state index is 0.148. The highest BCUT2D eigenvalue weighted by Gasteiger charge is 2.31. The fourth-order valence-corrected chi connectivity index (χ4v) is 1.48. The Balaban J connectivity index is 4.12. The zero-order valence-corrected chi connectivity index (χ0v) is 12.7. The average Bonchev–Trinajstić information content (AvgIpc) is 2.34. The van der Waals surface area contributed by atoms with Crippen molar-refractivity contribution in [3.63, 3.8) is 0 Å². The van der Waals surface area contributed by atoms with E-state index < -0.39 is 11.4 Å². The summed E-state index contributed by atoms with van der Waals surface area (Å²) >= 11 is 0. The van der Waals surface area contributed by atoms with Crippen LogP contribution < -0.4 is 5.32 Å². The second kappa shape index (κ2) is 7.99. The molecule has 0 aliphatic heterocycles. The van der Waals surface area contributed by atoms with Crippen LogP contribution in [0.2, 0.25) is 0 Å². The maximum atomic E-state index is 11.8. The fraction of sp³-hybridized carbons (Fsp3) is 0.846. The standard InChI is InChI=1S/C13H27N3O3/c1-6-13(2,11(17)18)10-14-12(19)16(5)9-7-8-15(3)4/h6-10H2,1-5H3,(H,14,19)(H,17,18). The van der Waals surface area contributed by atoms with E-state index in [4.69, 9.17) is 5.11 Å². The van der Waals surface area contributed by atoms with Crippen LogP contribution >= 0.6 is 0 Å². The molecule has 0 heterocycles. The molecular weight excluding hydrogens is 246 g/mol. The summed E-state index contributed by atoms with van der Waals surface area (Å²) in [5.74, 6) is -0.884. The van der Waals surface area contributed by atoms with E-state index in [0.717, 1.165) is 13.0 Å². The van der Waals surface area contributed by atoms with Crippen molar-refractivity contribution < 1.29 is 14.7 Å². The highest BCUT2D eigenvalue weighted by molar-refractivity contribution is 5.77. The van der Waals surface area contributed by atoms with E-state index in [0.29, 0.717) is 13.0 Å². The molecule has 0 fully saturated rings. The first-order chi connectivity index (χ1) is 8.73. The lowest BCUT2D eigenvalue weighted by molar-refractivity contribution is -0.147. The third-order valence-corrected chi connectivity index (χ3v) is 3.37. The molecule has 0 bridgehead atoms. The van der Waals surface area contributed by atoms with E-state index >= 15 is 0 Å². The number of nitrogens with zero attached hydrogens (tertiary/aromatic N) is 2. The summed E-state index contributed by atoms with van der Waals surface area (Å²) in [5.41, 5.74) is -0.903. The summed E-state index contributed by atoms with van der Waals surface area (Å²) in [7, 11) is 5.69. The first-order valence-electron chi connectivity index (χ1n) is 6.60. The largest absolute Gasteiger partial charge is 0.481 e. The summed E-state index contributed by atoms with van der Waals surface area (Å²) in [6.45, 7) is 5.16. The number of carboxylic acids is 1. The number of urea groups is 1. The van der Waals surface area contributed by atoms with Gasteiger partial charge >= 0.3 is 12.0 Å². The predicted molar refractivity (Wildman–Crippen MR) is 75.2 cm³/mol. The van der Waals surface area contributed by atoms with Gasteiger partial charge in [-0.2, -0.15) is 0 Å². The summed E-state index contributed by atoms with van der Waals surface area (Å²) in [6, 6.07) is -0.223. The van der Waals surface area contributed by atoms with E-state index in [1.54, 1.807) is 25.8 Å². The molecule has 0 aliphatic rings. The molecule has 0 aromatic rings. The molecule has 1 atom stereocenters. The quantitative estimate of drug-likeness (QED) is 0.694. The first kappa shape index (κ1) is 17.7. The zero-order chi connectivity index (χ0) is 15.1. The molecule has 0 spiro atoms. The topological polar surface area (TPSA) is 72.9 Å². The second-order valence-electron chi connectivity index (χ2n) is 5.46. The molecule has 0 saturated carbocycles. The zero-order valence-electron chi connectivity index (χ0n) is 12.7. The normalized spacial score (nSPS) is 14.0. The lowest BCUT2D eigenvalue weighted by Gasteiger charge is -2.25. The number of rotatable bonds is 8. The second-order valence-corrected chi connectivity index (χ2v) is 5.46. The smallest absolute Gasteiger partial charge is 0.317 e. The van der Waals surface area contributed by atoms with E-state index in [9.17, 15) is 9.59 Å². The summed E-state index contributed by atoms with van der Waals surface area (Å²) < 4.78 is 0. The predicted octanol–water partition coefficient (Wildman–Crippen LogP) is 1.08. The summed E-state index contributed by atoms with van der Waals surface area (Å²) in [5, 5.41) is 11.8.